The van der Waals surface area contributed by atoms with Crippen LogP contribution in [0.25, 0.3) is 11.0 Å². The predicted octanol–water partition coefficient (Wildman–Crippen LogP) is 3.11. The summed E-state index contributed by atoms with van der Waals surface area (Å²) in [6, 6.07) is 3.16. The van der Waals surface area contributed by atoms with Crippen LogP contribution in [0.5, 0.6) is 0 Å². The molecule has 4 aliphatic rings. The van der Waals surface area contributed by atoms with Gasteiger partial charge in [0.15, 0.2) is 11.9 Å². The summed E-state index contributed by atoms with van der Waals surface area (Å²) in [6.07, 6.45) is 10.1. The molecule has 2 aromatic heterocycles. The van der Waals surface area contributed by atoms with Crippen LogP contribution in [-0.4, -0.2) is 73.0 Å². The lowest BCUT2D eigenvalue weighted by Crippen LogP contribution is -2.46. The summed E-state index contributed by atoms with van der Waals surface area (Å²) in [5, 5.41) is 5.91. The Hall–Kier alpha value is -1.90. The number of hydrogen-bond acceptors (Lipinski definition) is 7. The average molecular weight is 428 g/mol. The molecule has 4 fully saturated rings. The highest BCUT2D eigenvalue weighted by atomic mass is 16.5. The molecule has 31 heavy (non-hydrogen) atoms. The molecule has 6 rings (SSSR count). The van der Waals surface area contributed by atoms with Gasteiger partial charge in [0, 0.05) is 32.9 Å². The first-order chi connectivity index (χ1) is 15.3. The van der Waals surface area contributed by atoms with Gasteiger partial charge in [-0.1, -0.05) is 0 Å². The number of nitrogens with zero attached hydrogens (tertiary/aromatic N) is 5. The van der Waals surface area contributed by atoms with Crippen LogP contribution >= 0.6 is 0 Å². The number of ether oxygens (including phenoxy) is 3. The summed E-state index contributed by atoms with van der Waals surface area (Å²) in [4.78, 5) is 10.2. The van der Waals surface area contributed by atoms with Gasteiger partial charge in [-0.3, -0.25) is 0 Å². The molecule has 2 bridgehead atoms. The van der Waals surface area contributed by atoms with E-state index >= 15 is 0 Å². The molecule has 2 aromatic rings. The lowest BCUT2D eigenvalue weighted by atomic mass is 10.1. The Morgan fingerprint density at radius 3 is 2.55 bits per heavy atom. The zero-order chi connectivity index (χ0) is 20.8. The first-order valence-electron chi connectivity index (χ1n) is 12.0. The van der Waals surface area contributed by atoms with Crippen LogP contribution in [0.2, 0.25) is 0 Å². The van der Waals surface area contributed by atoms with Crippen LogP contribution in [0, 0.1) is 0 Å². The van der Waals surface area contributed by atoms with Gasteiger partial charge in [-0.2, -0.15) is 5.10 Å². The Bertz CT molecular complexity index is 903. The van der Waals surface area contributed by atoms with Crippen molar-refractivity contribution in [3.63, 3.8) is 0 Å². The summed E-state index contributed by atoms with van der Waals surface area (Å²) in [6.45, 7) is 4.40. The van der Waals surface area contributed by atoms with Crippen LogP contribution in [0.1, 0.15) is 51.2 Å². The number of anilines is 2. The molecule has 0 saturated carbocycles. The van der Waals surface area contributed by atoms with E-state index in [9.17, 15) is 0 Å². The fourth-order valence-electron chi connectivity index (χ4n) is 5.84. The largest absolute Gasteiger partial charge is 0.381 e. The zero-order valence-electron chi connectivity index (χ0n) is 18.4. The van der Waals surface area contributed by atoms with Gasteiger partial charge < -0.3 is 24.0 Å². The van der Waals surface area contributed by atoms with Crippen LogP contribution in [-0.2, 0) is 14.2 Å². The topological polar surface area (TPSA) is 64.9 Å². The Labute approximate surface area is 183 Å². The van der Waals surface area contributed by atoms with Crippen molar-refractivity contribution in [2.24, 2.45) is 0 Å². The van der Waals surface area contributed by atoms with Crippen molar-refractivity contribution in [1.82, 2.24) is 14.8 Å². The number of rotatable bonds is 4. The fraction of sp³-hybridized carbons (Fsp3) is 0.739. The lowest BCUT2D eigenvalue weighted by molar-refractivity contribution is -0.0370. The third-order valence-corrected chi connectivity index (χ3v) is 7.58. The van der Waals surface area contributed by atoms with Crippen molar-refractivity contribution in [2.75, 3.05) is 49.8 Å². The van der Waals surface area contributed by atoms with E-state index in [0.29, 0.717) is 18.2 Å². The molecule has 8 heteroatoms. The highest BCUT2D eigenvalue weighted by Crippen LogP contribution is 2.39. The van der Waals surface area contributed by atoms with E-state index in [-0.39, 0.29) is 6.23 Å². The second-order valence-electron chi connectivity index (χ2n) is 9.40. The maximum atomic E-state index is 6.08. The molecule has 6 heterocycles. The number of aromatic nitrogens is 3. The predicted molar refractivity (Wildman–Crippen MR) is 119 cm³/mol. The maximum absolute atomic E-state index is 6.08. The molecule has 168 valence electrons. The summed E-state index contributed by atoms with van der Waals surface area (Å²) < 4.78 is 19.6. The van der Waals surface area contributed by atoms with Crippen molar-refractivity contribution in [3.8, 4) is 0 Å². The number of methoxy groups -OCH3 is 1. The summed E-state index contributed by atoms with van der Waals surface area (Å²) in [5.41, 5.74) is 2.21. The summed E-state index contributed by atoms with van der Waals surface area (Å²) in [7, 11) is 1.82. The standard InChI is InChI=1S/C23H33N5O3/c1-29-18-7-9-26(10-8-18)20-12-21(27-16-5-6-17(27)15-30-14-16)25-23-19(20)13-24-28(23)22-4-2-3-11-31-22/h12-13,16-18,22H,2-11,14-15H2,1H3. The highest BCUT2D eigenvalue weighted by Gasteiger charge is 2.39. The van der Waals surface area contributed by atoms with Gasteiger partial charge in [0.05, 0.1) is 48.7 Å². The van der Waals surface area contributed by atoms with Crippen molar-refractivity contribution < 1.29 is 14.2 Å². The van der Waals surface area contributed by atoms with E-state index in [4.69, 9.17) is 24.3 Å². The van der Waals surface area contributed by atoms with E-state index in [1.54, 1.807) is 0 Å². The maximum Gasteiger partial charge on any atom is 0.164 e. The quantitative estimate of drug-likeness (QED) is 0.743. The first kappa shape index (κ1) is 19.8. The third-order valence-electron chi connectivity index (χ3n) is 7.58. The Morgan fingerprint density at radius 2 is 1.84 bits per heavy atom. The molecule has 0 aromatic carbocycles. The molecule has 0 spiro atoms. The van der Waals surface area contributed by atoms with Crippen molar-refractivity contribution >= 4 is 22.5 Å². The number of hydrogen-bond donors (Lipinski definition) is 0. The number of pyridine rings is 1. The van der Waals surface area contributed by atoms with Crippen LogP contribution < -0.4 is 9.80 Å². The van der Waals surface area contributed by atoms with Crippen LogP contribution in [0.15, 0.2) is 12.3 Å². The van der Waals surface area contributed by atoms with Gasteiger partial charge in [-0.05, 0) is 44.9 Å². The second kappa shape index (κ2) is 8.22. The highest BCUT2D eigenvalue weighted by molar-refractivity contribution is 5.91. The molecule has 4 aliphatic heterocycles. The minimum atomic E-state index is -0.0116. The number of morpholine rings is 1. The molecule has 4 saturated heterocycles. The Balaban J connectivity index is 1.42. The number of fused-ring (bicyclic) bond motifs is 3. The molecule has 3 atom stereocenters. The van der Waals surface area contributed by atoms with Gasteiger partial charge in [-0.25, -0.2) is 9.67 Å². The smallest absolute Gasteiger partial charge is 0.164 e. The Morgan fingerprint density at radius 1 is 1.03 bits per heavy atom. The minimum absolute atomic E-state index is 0.0116. The van der Waals surface area contributed by atoms with E-state index < -0.39 is 0 Å². The average Bonchev–Trinajstić information content (AvgIpc) is 3.36. The molecule has 8 nitrogen and oxygen atoms in total. The van der Waals surface area contributed by atoms with Crippen molar-refractivity contribution in [2.45, 2.75) is 69.4 Å². The lowest BCUT2D eigenvalue weighted by Gasteiger charge is -2.37. The monoisotopic (exact) mass is 427 g/mol. The van der Waals surface area contributed by atoms with Gasteiger partial charge in [0.2, 0.25) is 0 Å². The van der Waals surface area contributed by atoms with Gasteiger partial charge in [0.1, 0.15) is 5.82 Å². The molecular weight excluding hydrogens is 394 g/mol. The third kappa shape index (κ3) is 3.49. The molecular formula is C23H33N5O3. The van der Waals surface area contributed by atoms with Crippen LogP contribution in [0.3, 0.4) is 0 Å². The van der Waals surface area contributed by atoms with Gasteiger partial charge >= 0.3 is 0 Å². The Kier molecular flexibility index (Phi) is 5.24. The molecule has 0 radical (unpaired) electrons. The molecule has 3 unspecified atom stereocenters. The molecule has 0 aliphatic carbocycles. The minimum Gasteiger partial charge on any atom is -0.381 e. The fourth-order valence-corrected chi connectivity index (χ4v) is 5.84. The number of piperidine rings is 1. The summed E-state index contributed by atoms with van der Waals surface area (Å²) >= 11 is 0. The molecule has 0 amide bonds. The first-order valence-corrected chi connectivity index (χ1v) is 12.0. The second-order valence-corrected chi connectivity index (χ2v) is 9.40. The van der Waals surface area contributed by atoms with Crippen molar-refractivity contribution in [1.29, 1.82) is 0 Å². The zero-order valence-corrected chi connectivity index (χ0v) is 18.4. The van der Waals surface area contributed by atoms with E-state index in [1.165, 1.54) is 24.9 Å². The van der Waals surface area contributed by atoms with Crippen LogP contribution in [0.4, 0.5) is 11.5 Å². The normalized spacial score (nSPS) is 29.8. The summed E-state index contributed by atoms with van der Waals surface area (Å²) in [5.74, 6) is 1.07. The van der Waals surface area contributed by atoms with E-state index in [2.05, 4.69) is 15.9 Å². The van der Waals surface area contributed by atoms with Gasteiger partial charge in [-0.15, -0.1) is 0 Å². The van der Waals surface area contributed by atoms with E-state index in [0.717, 1.165) is 75.4 Å². The molecule has 0 N–H and O–H groups in total. The SMILES string of the molecule is COC1CCN(c2cc(N3C4CCC3COC4)nc3c2cnn3C2CCCCO2)CC1. The van der Waals surface area contributed by atoms with Gasteiger partial charge in [0.25, 0.3) is 0 Å². The van der Waals surface area contributed by atoms with E-state index in [1.807, 2.05) is 18.0 Å². The van der Waals surface area contributed by atoms with Crippen molar-refractivity contribution in [3.05, 3.63) is 12.3 Å².